The van der Waals surface area contributed by atoms with Crippen LogP contribution < -0.4 is 5.32 Å². The molecule has 0 amide bonds. The number of carboxylic acid groups (broad SMARTS) is 1. The van der Waals surface area contributed by atoms with Crippen LogP contribution in [0.4, 0.5) is 0 Å². The molecule has 1 aromatic carbocycles. The molecule has 18 heavy (non-hydrogen) atoms. The van der Waals surface area contributed by atoms with Gasteiger partial charge in [-0.15, -0.1) is 0 Å². The zero-order valence-electron chi connectivity index (χ0n) is 11.5. The van der Waals surface area contributed by atoms with Crippen LogP contribution in [-0.2, 0) is 11.3 Å². The van der Waals surface area contributed by atoms with Gasteiger partial charge in [0.25, 0.3) is 0 Å². The molecule has 0 spiro atoms. The Labute approximate surface area is 109 Å². The predicted molar refractivity (Wildman–Crippen MR) is 73.8 cm³/mol. The zero-order valence-corrected chi connectivity index (χ0v) is 11.5. The molecular weight excluding hydrogens is 226 g/mol. The molecule has 0 aromatic heterocycles. The molecule has 0 radical (unpaired) electrons. The Balaban J connectivity index is 2.31. The lowest BCUT2D eigenvalue weighted by molar-refractivity contribution is -0.137. The molecule has 1 aromatic rings. The minimum atomic E-state index is -0.708. The third-order valence-electron chi connectivity index (χ3n) is 3.26. The van der Waals surface area contributed by atoms with Crippen LogP contribution in [0.2, 0.25) is 0 Å². The van der Waals surface area contributed by atoms with Gasteiger partial charge in [-0.05, 0) is 62.4 Å². The van der Waals surface area contributed by atoms with Gasteiger partial charge in [-0.1, -0.05) is 12.1 Å². The quantitative estimate of drug-likeness (QED) is 0.730. The number of carbonyl (C=O) groups is 1. The molecule has 100 valence electrons. The minimum Gasteiger partial charge on any atom is -0.481 e. The number of aryl methyl sites for hydroxylation is 3. The van der Waals surface area contributed by atoms with Crippen LogP contribution in [0.3, 0.4) is 0 Å². The molecule has 0 heterocycles. The van der Waals surface area contributed by atoms with Crippen LogP contribution in [0.5, 0.6) is 0 Å². The number of hydrogen-bond donors (Lipinski definition) is 2. The molecule has 0 unspecified atom stereocenters. The average molecular weight is 249 g/mol. The van der Waals surface area contributed by atoms with E-state index in [0.29, 0.717) is 0 Å². The number of hydrogen-bond acceptors (Lipinski definition) is 2. The zero-order chi connectivity index (χ0) is 13.5. The SMILES string of the molecule is Cc1cc(C)c(CNCCCCC(=O)O)cc1C. The maximum absolute atomic E-state index is 10.3. The number of rotatable bonds is 7. The van der Waals surface area contributed by atoms with Gasteiger partial charge >= 0.3 is 5.97 Å². The summed E-state index contributed by atoms with van der Waals surface area (Å²) < 4.78 is 0. The van der Waals surface area contributed by atoms with Gasteiger partial charge in [0.05, 0.1) is 0 Å². The Morgan fingerprint density at radius 2 is 1.78 bits per heavy atom. The molecule has 3 heteroatoms. The first-order valence-corrected chi connectivity index (χ1v) is 6.50. The maximum atomic E-state index is 10.3. The van der Waals surface area contributed by atoms with Gasteiger partial charge in [-0.3, -0.25) is 4.79 Å². The summed E-state index contributed by atoms with van der Waals surface area (Å²) in [6, 6.07) is 4.45. The summed E-state index contributed by atoms with van der Waals surface area (Å²) in [5, 5.41) is 11.9. The number of unbranched alkanes of at least 4 members (excludes halogenated alkanes) is 1. The second kappa shape index (κ2) is 7.17. The Kier molecular flexibility index (Phi) is 5.86. The summed E-state index contributed by atoms with van der Waals surface area (Å²) in [4.78, 5) is 10.3. The molecule has 2 N–H and O–H groups in total. The molecule has 0 fully saturated rings. The van der Waals surface area contributed by atoms with Crippen molar-refractivity contribution in [1.29, 1.82) is 0 Å². The second-order valence-corrected chi connectivity index (χ2v) is 4.89. The van der Waals surface area contributed by atoms with Crippen LogP contribution in [0.1, 0.15) is 41.5 Å². The van der Waals surface area contributed by atoms with E-state index in [1.165, 1.54) is 22.3 Å². The predicted octanol–water partition coefficient (Wildman–Crippen LogP) is 2.96. The molecule has 0 aliphatic rings. The lowest BCUT2D eigenvalue weighted by Crippen LogP contribution is -2.16. The van der Waals surface area contributed by atoms with Gasteiger partial charge in [0, 0.05) is 13.0 Å². The van der Waals surface area contributed by atoms with Crippen molar-refractivity contribution in [1.82, 2.24) is 5.32 Å². The van der Waals surface area contributed by atoms with E-state index in [4.69, 9.17) is 5.11 Å². The fourth-order valence-electron chi connectivity index (χ4n) is 1.96. The summed E-state index contributed by atoms with van der Waals surface area (Å²) in [6.45, 7) is 8.13. The molecule has 0 saturated heterocycles. The van der Waals surface area contributed by atoms with Crippen molar-refractivity contribution in [3.05, 3.63) is 34.4 Å². The number of aliphatic carboxylic acids is 1. The van der Waals surface area contributed by atoms with E-state index in [1.54, 1.807) is 0 Å². The van der Waals surface area contributed by atoms with Crippen molar-refractivity contribution in [3.63, 3.8) is 0 Å². The molecule has 1 rings (SSSR count). The van der Waals surface area contributed by atoms with E-state index in [9.17, 15) is 4.79 Å². The highest BCUT2D eigenvalue weighted by Gasteiger charge is 2.01. The highest BCUT2D eigenvalue weighted by Crippen LogP contribution is 2.15. The molecule has 0 bridgehead atoms. The molecular formula is C15H23NO2. The van der Waals surface area contributed by atoms with Crippen LogP contribution >= 0.6 is 0 Å². The first kappa shape index (κ1) is 14.7. The topological polar surface area (TPSA) is 49.3 Å². The maximum Gasteiger partial charge on any atom is 0.303 e. The van der Waals surface area contributed by atoms with Gasteiger partial charge in [-0.25, -0.2) is 0 Å². The Morgan fingerprint density at radius 1 is 1.11 bits per heavy atom. The monoisotopic (exact) mass is 249 g/mol. The highest BCUT2D eigenvalue weighted by atomic mass is 16.4. The number of nitrogens with one attached hydrogen (secondary N) is 1. The smallest absolute Gasteiger partial charge is 0.303 e. The van der Waals surface area contributed by atoms with E-state index < -0.39 is 5.97 Å². The second-order valence-electron chi connectivity index (χ2n) is 4.89. The number of benzene rings is 1. The van der Waals surface area contributed by atoms with Gasteiger partial charge in [0.1, 0.15) is 0 Å². The molecule has 3 nitrogen and oxygen atoms in total. The average Bonchev–Trinajstić information content (AvgIpc) is 2.29. The largest absolute Gasteiger partial charge is 0.481 e. The van der Waals surface area contributed by atoms with Crippen LogP contribution in [0.25, 0.3) is 0 Å². The summed E-state index contributed by atoms with van der Waals surface area (Å²) >= 11 is 0. The lowest BCUT2D eigenvalue weighted by Gasteiger charge is -2.10. The van der Waals surface area contributed by atoms with Crippen molar-refractivity contribution >= 4 is 5.97 Å². The third-order valence-corrected chi connectivity index (χ3v) is 3.26. The van der Waals surface area contributed by atoms with Crippen molar-refractivity contribution < 1.29 is 9.90 Å². The van der Waals surface area contributed by atoms with E-state index in [-0.39, 0.29) is 6.42 Å². The molecule has 0 aliphatic carbocycles. The van der Waals surface area contributed by atoms with Crippen molar-refractivity contribution in [2.75, 3.05) is 6.54 Å². The standard InChI is InChI=1S/C15H23NO2/c1-11-8-13(3)14(9-12(11)2)10-16-7-5-4-6-15(17)18/h8-9,16H,4-7,10H2,1-3H3,(H,17,18). The summed E-state index contributed by atoms with van der Waals surface area (Å²) in [6.07, 6.45) is 1.93. The van der Waals surface area contributed by atoms with E-state index >= 15 is 0 Å². The minimum absolute atomic E-state index is 0.268. The first-order valence-electron chi connectivity index (χ1n) is 6.50. The fraction of sp³-hybridized carbons (Fsp3) is 0.533. The van der Waals surface area contributed by atoms with Crippen molar-refractivity contribution in [2.24, 2.45) is 0 Å². The summed E-state index contributed by atoms with van der Waals surface area (Å²) in [5.74, 6) is -0.708. The Hall–Kier alpha value is -1.35. The summed E-state index contributed by atoms with van der Waals surface area (Å²) in [5.41, 5.74) is 5.30. The lowest BCUT2D eigenvalue weighted by atomic mass is 10.0. The Bertz CT molecular complexity index is 413. The van der Waals surface area contributed by atoms with Crippen LogP contribution in [0.15, 0.2) is 12.1 Å². The van der Waals surface area contributed by atoms with E-state index in [0.717, 1.165) is 25.9 Å². The van der Waals surface area contributed by atoms with Crippen molar-refractivity contribution in [2.45, 2.75) is 46.6 Å². The van der Waals surface area contributed by atoms with E-state index in [2.05, 4.69) is 38.2 Å². The van der Waals surface area contributed by atoms with Gasteiger partial charge in [0.15, 0.2) is 0 Å². The van der Waals surface area contributed by atoms with Crippen LogP contribution in [0, 0.1) is 20.8 Å². The summed E-state index contributed by atoms with van der Waals surface area (Å²) in [7, 11) is 0. The normalized spacial score (nSPS) is 10.6. The third kappa shape index (κ3) is 4.88. The van der Waals surface area contributed by atoms with Gasteiger partial charge in [0.2, 0.25) is 0 Å². The fourth-order valence-corrected chi connectivity index (χ4v) is 1.96. The van der Waals surface area contributed by atoms with Crippen LogP contribution in [-0.4, -0.2) is 17.6 Å². The number of carboxylic acids is 1. The molecule has 0 aliphatic heterocycles. The molecule has 0 saturated carbocycles. The first-order chi connectivity index (χ1) is 8.50. The molecule has 0 atom stereocenters. The Morgan fingerprint density at radius 3 is 2.44 bits per heavy atom. The highest BCUT2D eigenvalue weighted by molar-refractivity contribution is 5.66. The van der Waals surface area contributed by atoms with Crippen molar-refractivity contribution in [3.8, 4) is 0 Å². The van der Waals surface area contributed by atoms with Gasteiger partial charge in [-0.2, -0.15) is 0 Å². The van der Waals surface area contributed by atoms with E-state index in [1.807, 2.05) is 0 Å². The van der Waals surface area contributed by atoms with Gasteiger partial charge < -0.3 is 10.4 Å².